The topological polar surface area (TPSA) is 70.7 Å². The van der Waals surface area contributed by atoms with Crippen LogP contribution < -0.4 is 10.9 Å². The highest BCUT2D eigenvalue weighted by molar-refractivity contribution is 5.82. The van der Waals surface area contributed by atoms with Gasteiger partial charge in [0.15, 0.2) is 0 Å². The molecule has 24 heavy (non-hydrogen) atoms. The summed E-state index contributed by atoms with van der Waals surface area (Å²) in [7, 11) is 0. The summed E-state index contributed by atoms with van der Waals surface area (Å²) in [6, 6.07) is 9.95. The van der Waals surface area contributed by atoms with Gasteiger partial charge < -0.3 is 9.64 Å². The number of carbonyl (C=O) groups is 2. The summed E-state index contributed by atoms with van der Waals surface area (Å²) in [6.45, 7) is 3.97. The number of piperidine rings is 1. The van der Waals surface area contributed by atoms with E-state index in [2.05, 4.69) is 10.9 Å². The minimum Gasteiger partial charge on any atom is -0.466 e. The molecule has 2 aliphatic heterocycles. The van der Waals surface area contributed by atoms with Gasteiger partial charge in [-0.2, -0.15) is 0 Å². The standard InChI is InChI=1S/C18H25N3O3/c1-2-24-18(23)14-9-6-10-21(12-14)17(22)15-11-19-20-16(15)13-7-4-3-5-8-13/h3-5,7-8,14-16,19-20H,2,6,9-12H2,1H3. The molecule has 6 heteroatoms. The van der Waals surface area contributed by atoms with Crippen molar-refractivity contribution in [2.45, 2.75) is 25.8 Å². The second-order valence-electron chi connectivity index (χ2n) is 6.40. The normalized spacial score (nSPS) is 27.0. The number of likely N-dealkylation sites (tertiary alicyclic amines) is 1. The number of hydrogen-bond acceptors (Lipinski definition) is 5. The third kappa shape index (κ3) is 3.60. The Kier molecular flexibility index (Phi) is 5.48. The van der Waals surface area contributed by atoms with Gasteiger partial charge in [0.05, 0.1) is 24.5 Å². The van der Waals surface area contributed by atoms with Crippen molar-refractivity contribution in [2.75, 3.05) is 26.2 Å². The Morgan fingerprint density at radius 2 is 2.08 bits per heavy atom. The maximum absolute atomic E-state index is 13.0. The van der Waals surface area contributed by atoms with Crippen molar-refractivity contribution in [3.63, 3.8) is 0 Å². The third-order valence-corrected chi connectivity index (χ3v) is 4.81. The van der Waals surface area contributed by atoms with E-state index in [1.165, 1.54) is 0 Å². The fraction of sp³-hybridized carbons (Fsp3) is 0.556. The van der Waals surface area contributed by atoms with E-state index in [0.29, 0.717) is 26.2 Å². The molecule has 1 aromatic rings. The molecule has 2 saturated heterocycles. The molecule has 3 unspecified atom stereocenters. The van der Waals surface area contributed by atoms with Gasteiger partial charge in [-0.15, -0.1) is 0 Å². The molecule has 0 aliphatic carbocycles. The van der Waals surface area contributed by atoms with E-state index in [1.807, 2.05) is 42.2 Å². The zero-order chi connectivity index (χ0) is 16.9. The molecule has 1 aromatic carbocycles. The van der Waals surface area contributed by atoms with Gasteiger partial charge in [0.2, 0.25) is 5.91 Å². The lowest BCUT2D eigenvalue weighted by Crippen LogP contribution is -2.46. The summed E-state index contributed by atoms with van der Waals surface area (Å²) in [5.41, 5.74) is 7.41. The summed E-state index contributed by atoms with van der Waals surface area (Å²) in [5, 5.41) is 0. The first-order chi connectivity index (χ1) is 11.7. The van der Waals surface area contributed by atoms with Crippen LogP contribution in [0.5, 0.6) is 0 Å². The Hall–Kier alpha value is -1.92. The van der Waals surface area contributed by atoms with Gasteiger partial charge in [0.25, 0.3) is 0 Å². The fourth-order valence-corrected chi connectivity index (χ4v) is 3.57. The van der Waals surface area contributed by atoms with Crippen molar-refractivity contribution in [3.05, 3.63) is 35.9 Å². The Bertz CT molecular complexity index is 578. The molecule has 0 spiro atoms. The predicted octanol–water partition coefficient (Wildman–Crippen LogP) is 1.25. The molecule has 130 valence electrons. The number of nitrogens with one attached hydrogen (secondary N) is 2. The summed E-state index contributed by atoms with van der Waals surface area (Å²) in [5.74, 6) is -0.430. The molecule has 3 rings (SSSR count). The molecule has 2 heterocycles. The first kappa shape index (κ1) is 16.9. The van der Waals surface area contributed by atoms with E-state index in [9.17, 15) is 9.59 Å². The van der Waals surface area contributed by atoms with Crippen LogP contribution in [0.15, 0.2) is 30.3 Å². The lowest BCUT2D eigenvalue weighted by atomic mass is 9.91. The average Bonchev–Trinajstić information content (AvgIpc) is 3.12. The number of amides is 1. The molecule has 2 aliphatic rings. The van der Waals surface area contributed by atoms with Crippen molar-refractivity contribution < 1.29 is 14.3 Å². The number of ether oxygens (including phenoxy) is 1. The van der Waals surface area contributed by atoms with E-state index in [1.54, 1.807) is 0 Å². The molecule has 0 radical (unpaired) electrons. The fourth-order valence-electron chi connectivity index (χ4n) is 3.57. The third-order valence-electron chi connectivity index (χ3n) is 4.81. The highest BCUT2D eigenvalue weighted by Gasteiger charge is 2.38. The van der Waals surface area contributed by atoms with Crippen molar-refractivity contribution >= 4 is 11.9 Å². The second-order valence-corrected chi connectivity index (χ2v) is 6.40. The highest BCUT2D eigenvalue weighted by atomic mass is 16.5. The van der Waals surface area contributed by atoms with Gasteiger partial charge in [-0.05, 0) is 25.3 Å². The molecular weight excluding hydrogens is 306 g/mol. The van der Waals surface area contributed by atoms with Gasteiger partial charge >= 0.3 is 5.97 Å². The Balaban J connectivity index is 1.67. The van der Waals surface area contributed by atoms with E-state index in [-0.39, 0.29) is 29.8 Å². The van der Waals surface area contributed by atoms with Gasteiger partial charge in [0.1, 0.15) is 0 Å². The van der Waals surface area contributed by atoms with Crippen LogP contribution in [0.2, 0.25) is 0 Å². The number of rotatable bonds is 4. The summed E-state index contributed by atoms with van der Waals surface area (Å²) in [6.07, 6.45) is 1.64. The average molecular weight is 331 g/mol. The molecule has 3 atom stereocenters. The molecule has 0 aromatic heterocycles. The molecular formula is C18H25N3O3. The smallest absolute Gasteiger partial charge is 0.310 e. The number of nitrogens with zero attached hydrogens (tertiary/aromatic N) is 1. The van der Waals surface area contributed by atoms with Crippen molar-refractivity contribution in [1.29, 1.82) is 0 Å². The quantitative estimate of drug-likeness (QED) is 0.813. The lowest BCUT2D eigenvalue weighted by Gasteiger charge is -2.34. The van der Waals surface area contributed by atoms with Gasteiger partial charge in [0, 0.05) is 19.6 Å². The van der Waals surface area contributed by atoms with E-state index in [4.69, 9.17) is 4.74 Å². The van der Waals surface area contributed by atoms with Gasteiger partial charge in [-0.1, -0.05) is 30.3 Å². The second kappa shape index (κ2) is 7.77. The highest BCUT2D eigenvalue weighted by Crippen LogP contribution is 2.28. The Labute approximate surface area is 142 Å². The largest absolute Gasteiger partial charge is 0.466 e. The Morgan fingerprint density at radius 3 is 2.83 bits per heavy atom. The molecule has 0 bridgehead atoms. The molecule has 6 nitrogen and oxygen atoms in total. The number of esters is 1. The van der Waals surface area contributed by atoms with E-state index < -0.39 is 0 Å². The Morgan fingerprint density at radius 1 is 1.29 bits per heavy atom. The van der Waals surface area contributed by atoms with Crippen LogP contribution in [-0.2, 0) is 14.3 Å². The van der Waals surface area contributed by atoms with Crippen LogP contribution >= 0.6 is 0 Å². The number of benzene rings is 1. The predicted molar refractivity (Wildman–Crippen MR) is 89.7 cm³/mol. The number of hydrazine groups is 1. The summed E-state index contributed by atoms with van der Waals surface area (Å²) >= 11 is 0. The minimum atomic E-state index is -0.194. The SMILES string of the molecule is CCOC(=O)C1CCCN(C(=O)C2CNNC2c2ccccc2)C1. The van der Waals surface area contributed by atoms with E-state index >= 15 is 0 Å². The van der Waals surface area contributed by atoms with Crippen LogP contribution in [0.1, 0.15) is 31.4 Å². The van der Waals surface area contributed by atoms with Crippen LogP contribution in [-0.4, -0.2) is 43.0 Å². The number of hydrogen-bond donors (Lipinski definition) is 2. The minimum absolute atomic E-state index is 0.0401. The van der Waals surface area contributed by atoms with Crippen LogP contribution in [0.3, 0.4) is 0 Å². The maximum atomic E-state index is 13.0. The van der Waals surface area contributed by atoms with Crippen LogP contribution in [0.25, 0.3) is 0 Å². The summed E-state index contributed by atoms with van der Waals surface area (Å²) in [4.78, 5) is 26.8. The van der Waals surface area contributed by atoms with Crippen molar-refractivity contribution in [1.82, 2.24) is 15.8 Å². The zero-order valence-electron chi connectivity index (χ0n) is 14.0. The molecule has 1 amide bonds. The van der Waals surface area contributed by atoms with Crippen LogP contribution in [0.4, 0.5) is 0 Å². The first-order valence-electron chi connectivity index (χ1n) is 8.69. The molecule has 0 saturated carbocycles. The van der Waals surface area contributed by atoms with Gasteiger partial charge in [-0.25, -0.2) is 5.43 Å². The van der Waals surface area contributed by atoms with Crippen molar-refractivity contribution in [3.8, 4) is 0 Å². The maximum Gasteiger partial charge on any atom is 0.310 e. The van der Waals surface area contributed by atoms with Crippen molar-refractivity contribution in [2.24, 2.45) is 11.8 Å². The zero-order valence-corrected chi connectivity index (χ0v) is 14.0. The summed E-state index contributed by atoms with van der Waals surface area (Å²) < 4.78 is 5.12. The monoisotopic (exact) mass is 331 g/mol. The van der Waals surface area contributed by atoms with Gasteiger partial charge in [-0.3, -0.25) is 15.0 Å². The number of carbonyl (C=O) groups excluding carboxylic acids is 2. The van der Waals surface area contributed by atoms with E-state index in [0.717, 1.165) is 18.4 Å². The molecule has 2 N–H and O–H groups in total. The lowest BCUT2D eigenvalue weighted by molar-refractivity contribution is -0.151. The van der Waals surface area contributed by atoms with Crippen LogP contribution in [0, 0.1) is 11.8 Å². The molecule has 2 fully saturated rings. The first-order valence-corrected chi connectivity index (χ1v) is 8.69.